The van der Waals surface area contributed by atoms with Crippen molar-refractivity contribution < 1.29 is 19.1 Å². The molecule has 0 aliphatic carbocycles. The van der Waals surface area contributed by atoms with Gasteiger partial charge in [0.15, 0.2) is 0 Å². The standard InChI is InChI=1S/C16H23N3O4/c1-11(23-10-14-7-2-3-8-22-14)15(20)18-12-5-4-6-13(9-12)19-16(17)21/h4-6,9,11,14H,2-3,7-8,10H2,1H3,(H,18,20)(H3,17,19,21)/t11-,14-/m0/s1. The van der Waals surface area contributed by atoms with Gasteiger partial charge in [0, 0.05) is 18.0 Å². The number of carbonyl (C=O) groups excluding carboxylic acids is 2. The van der Waals surface area contributed by atoms with Crippen LogP contribution in [0.2, 0.25) is 0 Å². The maximum absolute atomic E-state index is 12.1. The lowest BCUT2D eigenvalue weighted by atomic mass is 10.1. The molecule has 0 aromatic heterocycles. The van der Waals surface area contributed by atoms with E-state index in [1.165, 1.54) is 0 Å². The number of rotatable bonds is 6. The normalized spacial score (nSPS) is 18.9. The highest BCUT2D eigenvalue weighted by Gasteiger charge is 2.19. The molecule has 1 aliphatic rings. The molecule has 2 rings (SSSR count). The third-order valence-electron chi connectivity index (χ3n) is 3.57. The van der Waals surface area contributed by atoms with Gasteiger partial charge in [-0.1, -0.05) is 6.07 Å². The van der Waals surface area contributed by atoms with Gasteiger partial charge in [0.05, 0.1) is 12.7 Å². The summed E-state index contributed by atoms with van der Waals surface area (Å²) in [5.74, 6) is -0.253. The Morgan fingerprint density at radius 2 is 2.09 bits per heavy atom. The Labute approximate surface area is 135 Å². The first-order valence-electron chi connectivity index (χ1n) is 7.75. The summed E-state index contributed by atoms with van der Waals surface area (Å²) in [7, 11) is 0. The van der Waals surface area contributed by atoms with Crippen LogP contribution in [0.5, 0.6) is 0 Å². The molecule has 7 nitrogen and oxygen atoms in total. The van der Waals surface area contributed by atoms with E-state index in [1.54, 1.807) is 31.2 Å². The van der Waals surface area contributed by atoms with Crippen LogP contribution in [0.4, 0.5) is 16.2 Å². The van der Waals surface area contributed by atoms with Gasteiger partial charge in [-0.15, -0.1) is 0 Å². The van der Waals surface area contributed by atoms with Crippen molar-refractivity contribution in [2.24, 2.45) is 5.73 Å². The molecule has 1 heterocycles. The number of benzene rings is 1. The number of nitrogens with two attached hydrogens (primary N) is 1. The van der Waals surface area contributed by atoms with Crippen molar-refractivity contribution in [3.63, 3.8) is 0 Å². The van der Waals surface area contributed by atoms with Crippen LogP contribution < -0.4 is 16.4 Å². The first kappa shape index (κ1) is 17.2. The average molecular weight is 321 g/mol. The molecule has 1 aromatic carbocycles. The van der Waals surface area contributed by atoms with Crippen LogP contribution in [0, 0.1) is 0 Å². The molecule has 126 valence electrons. The smallest absolute Gasteiger partial charge is 0.316 e. The Morgan fingerprint density at radius 3 is 2.74 bits per heavy atom. The first-order chi connectivity index (χ1) is 11.0. The summed E-state index contributed by atoms with van der Waals surface area (Å²) < 4.78 is 11.2. The maximum Gasteiger partial charge on any atom is 0.316 e. The molecule has 0 bridgehead atoms. The Hall–Kier alpha value is -2.12. The topological polar surface area (TPSA) is 103 Å². The van der Waals surface area contributed by atoms with Crippen molar-refractivity contribution in [3.05, 3.63) is 24.3 Å². The van der Waals surface area contributed by atoms with E-state index < -0.39 is 12.1 Å². The predicted molar refractivity (Wildman–Crippen MR) is 87.3 cm³/mol. The molecule has 3 amide bonds. The van der Waals surface area contributed by atoms with Crippen LogP contribution >= 0.6 is 0 Å². The van der Waals surface area contributed by atoms with Gasteiger partial charge in [-0.05, 0) is 44.4 Å². The zero-order valence-corrected chi connectivity index (χ0v) is 13.2. The number of hydrogen-bond donors (Lipinski definition) is 3. The molecule has 23 heavy (non-hydrogen) atoms. The summed E-state index contributed by atoms with van der Waals surface area (Å²) in [5, 5.41) is 5.20. The summed E-state index contributed by atoms with van der Waals surface area (Å²) in [6.07, 6.45) is 2.67. The molecule has 0 unspecified atom stereocenters. The minimum absolute atomic E-state index is 0.0714. The van der Waals surface area contributed by atoms with Crippen molar-refractivity contribution in [1.29, 1.82) is 0 Å². The van der Waals surface area contributed by atoms with Crippen LogP contribution in [-0.2, 0) is 14.3 Å². The molecule has 1 saturated heterocycles. The summed E-state index contributed by atoms with van der Waals surface area (Å²) >= 11 is 0. The lowest BCUT2D eigenvalue weighted by Gasteiger charge is -2.23. The van der Waals surface area contributed by atoms with E-state index >= 15 is 0 Å². The van der Waals surface area contributed by atoms with Gasteiger partial charge in [-0.2, -0.15) is 0 Å². The lowest BCUT2D eigenvalue weighted by molar-refractivity contribution is -0.130. The van der Waals surface area contributed by atoms with Crippen LogP contribution in [0.3, 0.4) is 0 Å². The highest BCUT2D eigenvalue weighted by atomic mass is 16.5. The molecular formula is C16H23N3O4. The van der Waals surface area contributed by atoms with Gasteiger partial charge in [-0.25, -0.2) is 4.79 Å². The van der Waals surface area contributed by atoms with E-state index in [0.717, 1.165) is 25.9 Å². The van der Waals surface area contributed by atoms with Crippen LogP contribution in [0.25, 0.3) is 0 Å². The molecule has 0 saturated carbocycles. The zero-order chi connectivity index (χ0) is 16.7. The number of primary amides is 1. The third-order valence-corrected chi connectivity index (χ3v) is 3.57. The summed E-state index contributed by atoms with van der Waals surface area (Å²) in [6, 6.07) is 6.08. The second-order valence-corrected chi connectivity index (χ2v) is 5.52. The van der Waals surface area contributed by atoms with Crippen LogP contribution in [0.1, 0.15) is 26.2 Å². The Bertz CT molecular complexity index is 544. The van der Waals surface area contributed by atoms with Crippen LogP contribution in [0.15, 0.2) is 24.3 Å². The molecule has 7 heteroatoms. The fourth-order valence-corrected chi connectivity index (χ4v) is 2.33. The SMILES string of the molecule is C[C@H](OC[C@@H]1CCCCO1)C(=O)Nc1cccc(NC(N)=O)c1. The number of anilines is 2. The minimum Gasteiger partial charge on any atom is -0.376 e. The van der Waals surface area contributed by atoms with E-state index in [4.69, 9.17) is 15.2 Å². The van der Waals surface area contributed by atoms with Crippen molar-refractivity contribution >= 4 is 23.3 Å². The molecular weight excluding hydrogens is 298 g/mol. The first-order valence-corrected chi connectivity index (χ1v) is 7.75. The number of nitrogens with one attached hydrogen (secondary N) is 2. The third kappa shape index (κ3) is 5.88. The van der Waals surface area contributed by atoms with E-state index in [9.17, 15) is 9.59 Å². The average Bonchev–Trinajstić information content (AvgIpc) is 2.53. The van der Waals surface area contributed by atoms with E-state index in [1.807, 2.05) is 0 Å². The minimum atomic E-state index is -0.655. The second-order valence-electron chi connectivity index (χ2n) is 5.52. The van der Waals surface area contributed by atoms with E-state index in [-0.39, 0.29) is 12.0 Å². The Morgan fingerprint density at radius 1 is 1.35 bits per heavy atom. The number of urea groups is 1. The summed E-state index contributed by atoms with van der Waals surface area (Å²) in [5.41, 5.74) is 6.14. The van der Waals surface area contributed by atoms with Crippen molar-refractivity contribution in [2.75, 3.05) is 23.8 Å². The van der Waals surface area contributed by atoms with E-state index in [2.05, 4.69) is 10.6 Å². The molecule has 1 fully saturated rings. The van der Waals surface area contributed by atoms with Crippen molar-refractivity contribution in [2.45, 2.75) is 38.4 Å². The summed E-state index contributed by atoms with van der Waals surface area (Å²) in [4.78, 5) is 23.0. The molecule has 1 aliphatic heterocycles. The van der Waals surface area contributed by atoms with Gasteiger partial charge in [-0.3, -0.25) is 4.79 Å². The van der Waals surface area contributed by atoms with Gasteiger partial charge in [0.25, 0.3) is 5.91 Å². The van der Waals surface area contributed by atoms with Gasteiger partial charge in [0.1, 0.15) is 6.10 Å². The number of carbonyl (C=O) groups is 2. The van der Waals surface area contributed by atoms with Crippen molar-refractivity contribution in [3.8, 4) is 0 Å². The fourth-order valence-electron chi connectivity index (χ4n) is 2.33. The lowest BCUT2D eigenvalue weighted by Crippen LogP contribution is -2.32. The predicted octanol–water partition coefficient (Wildman–Crippen LogP) is 2.09. The van der Waals surface area contributed by atoms with Crippen molar-refractivity contribution in [1.82, 2.24) is 0 Å². The monoisotopic (exact) mass is 321 g/mol. The van der Waals surface area contributed by atoms with E-state index in [0.29, 0.717) is 18.0 Å². The highest BCUT2D eigenvalue weighted by Crippen LogP contribution is 2.16. The van der Waals surface area contributed by atoms with Gasteiger partial charge in [0.2, 0.25) is 0 Å². The molecule has 4 N–H and O–H groups in total. The number of ether oxygens (including phenoxy) is 2. The fraction of sp³-hybridized carbons (Fsp3) is 0.500. The molecule has 0 radical (unpaired) electrons. The number of amides is 3. The zero-order valence-electron chi connectivity index (χ0n) is 13.2. The second kappa shape index (κ2) is 8.50. The van der Waals surface area contributed by atoms with Crippen LogP contribution in [-0.4, -0.2) is 37.4 Å². The summed E-state index contributed by atoms with van der Waals surface area (Å²) in [6.45, 7) is 2.87. The Kier molecular flexibility index (Phi) is 6.37. The van der Waals surface area contributed by atoms with Gasteiger partial charge < -0.3 is 25.8 Å². The molecule has 2 atom stereocenters. The molecule has 1 aromatic rings. The number of hydrogen-bond acceptors (Lipinski definition) is 4. The van der Waals surface area contributed by atoms with Gasteiger partial charge >= 0.3 is 6.03 Å². The molecule has 0 spiro atoms. The largest absolute Gasteiger partial charge is 0.376 e. The maximum atomic E-state index is 12.1. The quantitative estimate of drug-likeness (QED) is 0.746. The highest BCUT2D eigenvalue weighted by molar-refractivity contribution is 5.95. The Balaban J connectivity index is 1.81.